The number of pyridine rings is 1. The first-order chi connectivity index (χ1) is 15.2. The summed E-state index contributed by atoms with van der Waals surface area (Å²) in [6.45, 7) is 12.5. The molecular formula is C26H35N5. The fraction of sp³-hybridized carbons (Fsp3) is 0.500. The minimum absolute atomic E-state index is 0.636. The smallest absolute Gasteiger partial charge is 0.0795 e. The van der Waals surface area contributed by atoms with Crippen molar-refractivity contribution in [1.82, 2.24) is 19.8 Å². The monoisotopic (exact) mass is 417 g/mol. The van der Waals surface area contributed by atoms with E-state index in [1.807, 2.05) is 6.20 Å². The maximum atomic E-state index is 4.75. The number of nitrogens with zero attached hydrogens (tertiary/aromatic N) is 4. The van der Waals surface area contributed by atoms with Crippen LogP contribution in [0.3, 0.4) is 0 Å². The molecular weight excluding hydrogens is 382 g/mol. The minimum atomic E-state index is 0.636. The van der Waals surface area contributed by atoms with E-state index in [4.69, 9.17) is 4.98 Å². The molecule has 0 bridgehead atoms. The maximum absolute atomic E-state index is 4.75. The van der Waals surface area contributed by atoms with Crippen LogP contribution >= 0.6 is 0 Å². The zero-order chi connectivity index (χ0) is 21.2. The Morgan fingerprint density at radius 1 is 0.903 bits per heavy atom. The Morgan fingerprint density at radius 2 is 1.65 bits per heavy atom. The van der Waals surface area contributed by atoms with Crippen LogP contribution in [0.5, 0.6) is 0 Å². The molecule has 0 atom stereocenters. The average Bonchev–Trinajstić information content (AvgIpc) is 3.22. The van der Waals surface area contributed by atoms with Crippen molar-refractivity contribution in [2.75, 3.05) is 44.2 Å². The van der Waals surface area contributed by atoms with Gasteiger partial charge in [0.15, 0.2) is 0 Å². The molecule has 31 heavy (non-hydrogen) atoms. The van der Waals surface area contributed by atoms with E-state index in [-0.39, 0.29) is 0 Å². The lowest BCUT2D eigenvalue weighted by Crippen LogP contribution is -2.48. The average molecular weight is 418 g/mol. The van der Waals surface area contributed by atoms with E-state index in [9.17, 15) is 0 Å². The first-order valence-corrected chi connectivity index (χ1v) is 12.0. The van der Waals surface area contributed by atoms with E-state index in [0.29, 0.717) is 6.04 Å². The van der Waals surface area contributed by atoms with E-state index in [1.54, 1.807) is 0 Å². The summed E-state index contributed by atoms with van der Waals surface area (Å²) in [6, 6.07) is 14.1. The van der Waals surface area contributed by atoms with Gasteiger partial charge in [-0.15, -0.1) is 0 Å². The van der Waals surface area contributed by atoms with Crippen LogP contribution in [0.2, 0.25) is 0 Å². The highest BCUT2D eigenvalue weighted by molar-refractivity contribution is 5.93. The van der Waals surface area contributed by atoms with E-state index in [2.05, 4.69) is 69.9 Å². The normalized spacial score (nSPS) is 18.9. The second-order valence-corrected chi connectivity index (χ2v) is 9.42. The van der Waals surface area contributed by atoms with Gasteiger partial charge < -0.3 is 9.88 Å². The Bertz CT molecular complexity index is 992. The molecule has 5 heteroatoms. The number of piperidine rings is 1. The van der Waals surface area contributed by atoms with Gasteiger partial charge in [-0.3, -0.25) is 14.8 Å². The summed E-state index contributed by atoms with van der Waals surface area (Å²) in [7, 11) is 0. The quantitative estimate of drug-likeness (QED) is 0.650. The number of aromatic nitrogens is 2. The number of nitrogens with one attached hydrogen (secondary N) is 1. The van der Waals surface area contributed by atoms with Crippen LogP contribution in [0, 0.1) is 0 Å². The number of likely N-dealkylation sites (tertiary alicyclic amines) is 1. The highest BCUT2D eigenvalue weighted by atomic mass is 15.3. The number of H-pyrrole nitrogens is 1. The summed E-state index contributed by atoms with van der Waals surface area (Å²) in [6.07, 6.45) is 5.95. The molecule has 0 radical (unpaired) electrons. The molecule has 0 unspecified atom stereocenters. The predicted octanol–water partition coefficient (Wildman–Crippen LogP) is 4.75. The summed E-state index contributed by atoms with van der Waals surface area (Å²) in [5, 5.41) is 1.23. The second kappa shape index (κ2) is 9.01. The molecule has 2 aliphatic heterocycles. The van der Waals surface area contributed by atoms with E-state index in [1.165, 1.54) is 60.2 Å². The molecule has 164 valence electrons. The third-order valence-electron chi connectivity index (χ3n) is 7.00. The lowest BCUT2D eigenvalue weighted by atomic mass is 10.1. The first kappa shape index (κ1) is 20.5. The standard InChI is InChI=1S/C26H35N5/c1-20(2)30-14-16-31(17-15-30)23-8-6-21(7-9-23)26-24-18-22(28-25(24)10-11-27-26)19-29-12-4-3-5-13-29/h6-11,18,20,28H,3-5,12-17,19H2,1-2H3. The number of piperazine rings is 1. The fourth-order valence-corrected chi connectivity index (χ4v) is 5.11. The Balaban J connectivity index is 1.33. The molecule has 0 amide bonds. The Kier molecular flexibility index (Phi) is 5.97. The second-order valence-electron chi connectivity index (χ2n) is 9.42. The van der Waals surface area contributed by atoms with Crippen LogP contribution in [-0.4, -0.2) is 65.1 Å². The summed E-state index contributed by atoms with van der Waals surface area (Å²) in [5.74, 6) is 0. The Hall–Kier alpha value is -2.37. The molecule has 0 aliphatic carbocycles. The predicted molar refractivity (Wildman–Crippen MR) is 130 cm³/mol. The van der Waals surface area contributed by atoms with Crippen molar-refractivity contribution < 1.29 is 0 Å². The van der Waals surface area contributed by atoms with Crippen LogP contribution in [-0.2, 0) is 6.54 Å². The van der Waals surface area contributed by atoms with Crippen molar-refractivity contribution in [2.24, 2.45) is 0 Å². The fourth-order valence-electron chi connectivity index (χ4n) is 5.11. The summed E-state index contributed by atoms with van der Waals surface area (Å²) < 4.78 is 0. The van der Waals surface area contributed by atoms with Gasteiger partial charge in [0, 0.05) is 72.8 Å². The lowest BCUT2D eigenvalue weighted by Gasteiger charge is -2.38. The first-order valence-electron chi connectivity index (χ1n) is 12.0. The summed E-state index contributed by atoms with van der Waals surface area (Å²) >= 11 is 0. The third-order valence-corrected chi connectivity index (χ3v) is 7.00. The number of hydrogen-bond donors (Lipinski definition) is 1. The molecule has 2 saturated heterocycles. The Morgan fingerprint density at radius 3 is 2.35 bits per heavy atom. The zero-order valence-corrected chi connectivity index (χ0v) is 19.0. The lowest BCUT2D eigenvalue weighted by molar-refractivity contribution is 0.209. The molecule has 3 aromatic rings. The van der Waals surface area contributed by atoms with E-state index in [0.717, 1.165) is 38.4 Å². The Labute approximate surface area is 186 Å². The molecule has 1 N–H and O–H groups in total. The SMILES string of the molecule is CC(C)N1CCN(c2ccc(-c3nccc4[nH]c(CN5CCCCC5)cc34)cc2)CC1. The van der Waals surface area contributed by atoms with Gasteiger partial charge in [-0.2, -0.15) is 0 Å². The highest BCUT2D eigenvalue weighted by Gasteiger charge is 2.19. The molecule has 2 aromatic heterocycles. The van der Waals surface area contributed by atoms with E-state index >= 15 is 0 Å². The van der Waals surface area contributed by atoms with Gasteiger partial charge in [0.25, 0.3) is 0 Å². The van der Waals surface area contributed by atoms with Crippen LogP contribution in [0.1, 0.15) is 38.8 Å². The van der Waals surface area contributed by atoms with E-state index < -0.39 is 0 Å². The third kappa shape index (κ3) is 4.48. The molecule has 5 nitrogen and oxygen atoms in total. The number of rotatable bonds is 5. The van der Waals surface area contributed by atoms with Crippen molar-refractivity contribution in [3.63, 3.8) is 0 Å². The van der Waals surface area contributed by atoms with Crippen molar-refractivity contribution in [2.45, 2.75) is 45.7 Å². The van der Waals surface area contributed by atoms with Gasteiger partial charge in [0.2, 0.25) is 0 Å². The van der Waals surface area contributed by atoms with Crippen LogP contribution in [0.25, 0.3) is 22.2 Å². The molecule has 2 fully saturated rings. The number of benzene rings is 1. The van der Waals surface area contributed by atoms with Crippen LogP contribution < -0.4 is 4.90 Å². The minimum Gasteiger partial charge on any atom is -0.369 e. The molecule has 2 aliphatic rings. The van der Waals surface area contributed by atoms with Gasteiger partial charge in [-0.05, 0) is 64.0 Å². The number of hydrogen-bond acceptors (Lipinski definition) is 4. The van der Waals surface area contributed by atoms with Gasteiger partial charge in [-0.1, -0.05) is 18.6 Å². The number of fused-ring (bicyclic) bond motifs is 1. The van der Waals surface area contributed by atoms with Crippen molar-refractivity contribution in [1.29, 1.82) is 0 Å². The van der Waals surface area contributed by atoms with Crippen LogP contribution in [0.15, 0.2) is 42.6 Å². The highest BCUT2D eigenvalue weighted by Crippen LogP contribution is 2.29. The molecule has 0 saturated carbocycles. The number of anilines is 1. The van der Waals surface area contributed by atoms with Crippen LogP contribution in [0.4, 0.5) is 5.69 Å². The van der Waals surface area contributed by atoms with Crippen molar-refractivity contribution >= 4 is 16.6 Å². The number of aromatic amines is 1. The van der Waals surface area contributed by atoms with Gasteiger partial charge in [-0.25, -0.2) is 0 Å². The van der Waals surface area contributed by atoms with Gasteiger partial charge in [0.05, 0.1) is 5.69 Å². The molecule has 0 spiro atoms. The van der Waals surface area contributed by atoms with Gasteiger partial charge >= 0.3 is 0 Å². The van der Waals surface area contributed by atoms with Crippen molar-refractivity contribution in [3.05, 3.63) is 48.3 Å². The molecule has 4 heterocycles. The maximum Gasteiger partial charge on any atom is 0.0795 e. The molecule has 1 aromatic carbocycles. The largest absolute Gasteiger partial charge is 0.369 e. The topological polar surface area (TPSA) is 38.4 Å². The zero-order valence-electron chi connectivity index (χ0n) is 19.0. The summed E-state index contributed by atoms with van der Waals surface area (Å²) in [5.41, 5.74) is 6.07. The molecule has 5 rings (SSSR count). The van der Waals surface area contributed by atoms with Gasteiger partial charge in [0.1, 0.15) is 0 Å². The van der Waals surface area contributed by atoms with Crippen molar-refractivity contribution in [3.8, 4) is 11.3 Å². The summed E-state index contributed by atoms with van der Waals surface area (Å²) in [4.78, 5) is 16.0.